The first kappa shape index (κ1) is 11.5. The van der Waals surface area contributed by atoms with E-state index in [0.717, 1.165) is 11.0 Å². The maximum absolute atomic E-state index is 11.8. The lowest BCUT2D eigenvalue weighted by Gasteiger charge is -2.19. The van der Waals surface area contributed by atoms with E-state index >= 15 is 0 Å². The third-order valence-electron chi connectivity index (χ3n) is 2.68. The molecule has 1 aromatic heterocycles. The number of hydrogen-bond donors (Lipinski definition) is 2. The number of amides is 1. The number of hydrazine groups is 1. The van der Waals surface area contributed by atoms with Crippen molar-refractivity contribution < 1.29 is 4.79 Å². The van der Waals surface area contributed by atoms with Crippen LogP contribution in [0.25, 0.3) is 11.0 Å². The topological polar surface area (TPSA) is 85.8 Å². The summed E-state index contributed by atoms with van der Waals surface area (Å²) in [6.45, 7) is 3.88. The summed E-state index contributed by atoms with van der Waals surface area (Å²) in [5.41, 5.74) is 3.77. The Labute approximate surface area is 98.8 Å². The predicted molar refractivity (Wildman–Crippen MR) is 63.7 cm³/mol. The van der Waals surface area contributed by atoms with Gasteiger partial charge in [0.05, 0.1) is 5.52 Å². The number of benzene rings is 1. The second-order valence-electron chi connectivity index (χ2n) is 4.22. The van der Waals surface area contributed by atoms with E-state index in [9.17, 15) is 4.79 Å². The highest BCUT2D eigenvalue weighted by Gasteiger charge is 2.26. The summed E-state index contributed by atoms with van der Waals surface area (Å²) in [5, 5.41) is 8.07. The van der Waals surface area contributed by atoms with Gasteiger partial charge in [-0.15, -0.1) is 5.10 Å². The molecule has 0 saturated carbocycles. The Morgan fingerprint density at radius 1 is 1.41 bits per heavy atom. The van der Waals surface area contributed by atoms with Gasteiger partial charge in [0.1, 0.15) is 11.6 Å². The van der Waals surface area contributed by atoms with E-state index < -0.39 is 6.04 Å². The molecule has 2 rings (SSSR count). The van der Waals surface area contributed by atoms with Crippen LogP contribution < -0.4 is 11.3 Å². The maximum Gasteiger partial charge on any atom is 0.259 e. The van der Waals surface area contributed by atoms with Crippen molar-refractivity contribution in [2.24, 2.45) is 11.8 Å². The van der Waals surface area contributed by atoms with Crippen LogP contribution in [0.1, 0.15) is 19.9 Å². The molecule has 1 heterocycles. The Bertz CT molecular complexity index is 533. The zero-order chi connectivity index (χ0) is 12.4. The Morgan fingerprint density at radius 3 is 2.76 bits per heavy atom. The molecule has 1 atom stereocenters. The molecule has 17 heavy (non-hydrogen) atoms. The molecule has 6 heteroatoms. The fraction of sp³-hybridized carbons (Fsp3) is 0.364. The number of carbonyl (C=O) groups excluding carboxylic acids is 1. The molecule has 6 nitrogen and oxygen atoms in total. The van der Waals surface area contributed by atoms with Crippen LogP contribution in [0.4, 0.5) is 0 Å². The summed E-state index contributed by atoms with van der Waals surface area (Å²) in [5.74, 6) is 5.00. The summed E-state index contributed by atoms with van der Waals surface area (Å²) >= 11 is 0. The second kappa shape index (κ2) is 4.50. The predicted octanol–water partition coefficient (Wildman–Crippen LogP) is 0.618. The molecule has 1 unspecified atom stereocenters. The number of rotatable bonds is 3. The third kappa shape index (κ3) is 1.99. The van der Waals surface area contributed by atoms with Crippen molar-refractivity contribution in [2.45, 2.75) is 19.9 Å². The van der Waals surface area contributed by atoms with Crippen LogP contribution in [0, 0.1) is 5.92 Å². The first-order chi connectivity index (χ1) is 8.15. The van der Waals surface area contributed by atoms with Gasteiger partial charge < -0.3 is 0 Å². The van der Waals surface area contributed by atoms with Gasteiger partial charge in [-0.3, -0.25) is 10.2 Å². The Hall–Kier alpha value is -1.95. The third-order valence-corrected chi connectivity index (χ3v) is 2.68. The van der Waals surface area contributed by atoms with E-state index in [1.165, 1.54) is 0 Å². The normalized spacial score (nSPS) is 12.9. The minimum Gasteiger partial charge on any atom is -0.292 e. The van der Waals surface area contributed by atoms with Crippen molar-refractivity contribution in [2.75, 3.05) is 0 Å². The zero-order valence-electron chi connectivity index (χ0n) is 9.79. The van der Waals surface area contributed by atoms with Crippen LogP contribution in [-0.2, 0) is 4.79 Å². The smallest absolute Gasteiger partial charge is 0.259 e. The molecule has 3 N–H and O–H groups in total. The van der Waals surface area contributed by atoms with Crippen molar-refractivity contribution in [1.29, 1.82) is 0 Å². The van der Waals surface area contributed by atoms with Gasteiger partial charge in [-0.05, 0) is 18.1 Å². The first-order valence-corrected chi connectivity index (χ1v) is 5.45. The van der Waals surface area contributed by atoms with E-state index in [-0.39, 0.29) is 11.8 Å². The van der Waals surface area contributed by atoms with Crippen LogP contribution in [-0.4, -0.2) is 20.9 Å². The number of para-hydroxylation sites is 1. The Balaban J connectivity index is 2.53. The molecule has 1 aromatic carbocycles. The molecular formula is C11H15N5O. The molecule has 2 aromatic rings. The van der Waals surface area contributed by atoms with Crippen molar-refractivity contribution in [1.82, 2.24) is 20.4 Å². The second-order valence-corrected chi connectivity index (χ2v) is 4.22. The average molecular weight is 233 g/mol. The van der Waals surface area contributed by atoms with E-state index in [0.29, 0.717) is 0 Å². The zero-order valence-corrected chi connectivity index (χ0v) is 9.79. The molecule has 0 bridgehead atoms. The van der Waals surface area contributed by atoms with Crippen LogP contribution in [0.2, 0.25) is 0 Å². The van der Waals surface area contributed by atoms with Crippen LogP contribution in [0.15, 0.2) is 24.3 Å². The molecule has 0 aliphatic rings. The molecule has 0 spiro atoms. The van der Waals surface area contributed by atoms with Gasteiger partial charge in [0.25, 0.3) is 5.91 Å². The molecule has 0 saturated heterocycles. The molecular weight excluding hydrogens is 218 g/mol. The SMILES string of the molecule is CC(C)C(C(=O)NN)n1nnc2ccccc21. The van der Waals surface area contributed by atoms with Crippen LogP contribution in [0.3, 0.4) is 0 Å². The summed E-state index contributed by atoms with van der Waals surface area (Å²) in [6.07, 6.45) is 0. The highest BCUT2D eigenvalue weighted by Crippen LogP contribution is 2.21. The standard InChI is InChI=1S/C11H15N5O/c1-7(2)10(11(17)13-12)16-9-6-4-3-5-8(9)14-15-16/h3-7,10H,12H2,1-2H3,(H,13,17). The van der Waals surface area contributed by atoms with E-state index in [4.69, 9.17) is 5.84 Å². The van der Waals surface area contributed by atoms with Gasteiger partial charge in [0, 0.05) is 0 Å². The van der Waals surface area contributed by atoms with Gasteiger partial charge in [0.2, 0.25) is 0 Å². The monoisotopic (exact) mass is 233 g/mol. The number of hydrogen-bond acceptors (Lipinski definition) is 4. The molecule has 0 aliphatic heterocycles. The summed E-state index contributed by atoms with van der Waals surface area (Å²) in [7, 11) is 0. The molecule has 0 fully saturated rings. The summed E-state index contributed by atoms with van der Waals surface area (Å²) < 4.78 is 1.61. The first-order valence-electron chi connectivity index (χ1n) is 5.45. The molecule has 0 radical (unpaired) electrons. The largest absolute Gasteiger partial charge is 0.292 e. The lowest BCUT2D eigenvalue weighted by atomic mass is 10.0. The van der Waals surface area contributed by atoms with E-state index in [2.05, 4.69) is 15.7 Å². The lowest BCUT2D eigenvalue weighted by molar-refractivity contribution is -0.125. The minimum absolute atomic E-state index is 0.0728. The Morgan fingerprint density at radius 2 is 2.12 bits per heavy atom. The van der Waals surface area contributed by atoms with Crippen molar-refractivity contribution in [3.05, 3.63) is 24.3 Å². The van der Waals surface area contributed by atoms with Gasteiger partial charge >= 0.3 is 0 Å². The van der Waals surface area contributed by atoms with E-state index in [1.54, 1.807) is 4.68 Å². The minimum atomic E-state index is -0.451. The number of fused-ring (bicyclic) bond motifs is 1. The number of nitrogens with two attached hydrogens (primary N) is 1. The molecule has 1 amide bonds. The van der Waals surface area contributed by atoms with Gasteiger partial charge in [-0.1, -0.05) is 31.2 Å². The highest BCUT2D eigenvalue weighted by atomic mass is 16.2. The number of nitrogens with zero attached hydrogens (tertiary/aromatic N) is 3. The fourth-order valence-electron chi connectivity index (χ4n) is 1.87. The Kier molecular flexibility index (Phi) is 3.06. The van der Waals surface area contributed by atoms with Crippen molar-refractivity contribution >= 4 is 16.9 Å². The van der Waals surface area contributed by atoms with Crippen molar-refractivity contribution in [3.8, 4) is 0 Å². The van der Waals surface area contributed by atoms with Crippen molar-refractivity contribution in [3.63, 3.8) is 0 Å². The number of aromatic nitrogens is 3. The van der Waals surface area contributed by atoms with Gasteiger partial charge in [0.15, 0.2) is 0 Å². The van der Waals surface area contributed by atoms with Crippen LogP contribution >= 0.6 is 0 Å². The fourth-order valence-corrected chi connectivity index (χ4v) is 1.87. The average Bonchev–Trinajstić information content (AvgIpc) is 2.73. The molecule has 0 aliphatic carbocycles. The summed E-state index contributed by atoms with van der Waals surface area (Å²) in [6, 6.07) is 7.06. The quantitative estimate of drug-likeness (QED) is 0.462. The highest BCUT2D eigenvalue weighted by molar-refractivity contribution is 5.83. The number of nitrogens with one attached hydrogen (secondary N) is 1. The molecule has 90 valence electrons. The van der Waals surface area contributed by atoms with Gasteiger partial charge in [-0.2, -0.15) is 0 Å². The van der Waals surface area contributed by atoms with Crippen LogP contribution in [0.5, 0.6) is 0 Å². The summed E-state index contributed by atoms with van der Waals surface area (Å²) in [4.78, 5) is 11.8. The number of carbonyl (C=O) groups is 1. The van der Waals surface area contributed by atoms with E-state index in [1.807, 2.05) is 38.1 Å². The maximum atomic E-state index is 11.8. The van der Waals surface area contributed by atoms with Gasteiger partial charge in [-0.25, -0.2) is 10.5 Å². The lowest BCUT2D eigenvalue weighted by Crippen LogP contribution is -2.39.